The predicted molar refractivity (Wildman–Crippen MR) is 74.6 cm³/mol. The Hall–Kier alpha value is -2.27. The molecule has 0 amide bonds. The minimum atomic E-state index is -0.282. The molecule has 0 aliphatic heterocycles. The highest BCUT2D eigenvalue weighted by Crippen LogP contribution is 2.14. The second-order valence-electron chi connectivity index (χ2n) is 4.71. The molecule has 0 bridgehead atoms. The molecule has 5 heteroatoms. The average Bonchev–Trinajstić information content (AvgIpc) is 2.92. The van der Waals surface area contributed by atoms with Crippen LogP contribution in [-0.4, -0.2) is 14.6 Å². The fourth-order valence-corrected chi connectivity index (χ4v) is 2.15. The zero-order valence-corrected chi connectivity index (χ0v) is 11.1. The van der Waals surface area contributed by atoms with E-state index in [1.807, 2.05) is 35.8 Å². The molecule has 0 spiro atoms. The SMILES string of the molecule is CC(NCc1ccc2ccnn2c1)c1ncccc1F. The van der Waals surface area contributed by atoms with Gasteiger partial charge in [0.05, 0.1) is 11.2 Å². The first-order valence-electron chi connectivity index (χ1n) is 6.50. The molecule has 3 aromatic rings. The van der Waals surface area contributed by atoms with Gasteiger partial charge in [-0.1, -0.05) is 6.07 Å². The minimum Gasteiger partial charge on any atom is -0.305 e. The number of pyridine rings is 2. The fourth-order valence-electron chi connectivity index (χ4n) is 2.15. The number of nitrogens with one attached hydrogen (secondary N) is 1. The topological polar surface area (TPSA) is 42.2 Å². The smallest absolute Gasteiger partial charge is 0.146 e. The molecule has 20 heavy (non-hydrogen) atoms. The second kappa shape index (κ2) is 5.38. The van der Waals surface area contributed by atoms with Crippen LogP contribution < -0.4 is 5.32 Å². The number of hydrogen-bond acceptors (Lipinski definition) is 3. The molecular weight excluding hydrogens is 255 g/mol. The molecular formula is C15H15FN4. The normalized spacial score (nSPS) is 12.7. The van der Waals surface area contributed by atoms with Crippen molar-refractivity contribution in [1.29, 1.82) is 0 Å². The van der Waals surface area contributed by atoms with E-state index in [0.29, 0.717) is 12.2 Å². The second-order valence-corrected chi connectivity index (χ2v) is 4.71. The van der Waals surface area contributed by atoms with Crippen LogP contribution in [0, 0.1) is 5.82 Å². The van der Waals surface area contributed by atoms with Crippen molar-refractivity contribution in [3.63, 3.8) is 0 Å². The molecule has 1 N–H and O–H groups in total. The first-order valence-corrected chi connectivity index (χ1v) is 6.50. The maximum Gasteiger partial charge on any atom is 0.146 e. The van der Waals surface area contributed by atoms with E-state index in [9.17, 15) is 4.39 Å². The predicted octanol–water partition coefficient (Wildman–Crippen LogP) is 2.72. The van der Waals surface area contributed by atoms with E-state index in [2.05, 4.69) is 15.4 Å². The first kappa shape index (κ1) is 12.7. The van der Waals surface area contributed by atoms with Gasteiger partial charge in [0.15, 0.2) is 0 Å². The third-order valence-electron chi connectivity index (χ3n) is 3.27. The Bertz CT molecular complexity index is 722. The molecule has 1 unspecified atom stereocenters. The quantitative estimate of drug-likeness (QED) is 0.792. The highest BCUT2D eigenvalue weighted by molar-refractivity contribution is 5.45. The molecule has 3 rings (SSSR count). The van der Waals surface area contributed by atoms with Crippen LogP contribution >= 0.6 is 0 Å². The van der Waals surface area contributed by atoms with Gasteiger partial charge >= 0.3 is 0 Å². The van der Waals surface area contributed by atoms with Crippen molar-refractivity contribution < 1.29 is 4.39 Å². The lowest BCUT2D eigenvalue weighted by molar-refractivity contribution is 0.512. The summed E-state index contributed by atoms with van der Waals surface area (Å²) in [6, 6.07) is 8.86. The minimum absolute atomic E-state index is 0.149. The number of fused-ring (bicyclic) bond motifs is 1. The van der Waals surface area contributed by atoms with Crippen molar-refractivity contribution in [1.82, 2.24) is 19.9 Å². The molecule has 4 nitrogen and oxygen atoms in total. The maximum absolute atomic E-state index is 13.6. The van der Waals surface area contributed by atoms with Gasteiger partial charge in [-0.3, -0.25) is 4.98 Å². The van der Waals surface area contributed by atoms with Gasteiger partial charge in [0.2, 0.25) is 0 Å². The number of nitrogens with zero attached hydrogens (tertiary/aromatic N) is 3. The summed E-state index contributed by atoms with van der Waals surface area (Å²) in [6.07, 6.45) is 5.33. The first-order chi connectivity index (χ1) is 9.74. The van der Waals surface area contributed by atoms with Crippen molar-refractivity contribution in [3.05, 3.63) is 66.0 Å². The van der Waals surface area contributed by atoms with Gasteiger partial charge in [0, 0.05) is 31.2 Å². The molecule has 0 saturated heterocycles. The van der Waals surface area contributed by atoms with E-state index < -0.39 is 0 Å². The highest BCUT2D eigenvalue weighted by Gasteiger charge is 2.11. The van der Waals surface area contributed by atoms with Crippen LogP contribution in [0.25, 0.3) is 5.52 Å². The molecule has 3 aromatic heterocycles. The van der Waals surface area contributed by atoms with Crippen molar-refractivity contribution in [2.24, 2.45) is 0 Å². The third kappa shape index (κ3) is 2.53. The molecule has 1 atom stereocenters. The van der Waals surface area contributed by atoms with E-state index in [4.69, 9.17) is 0 Å². The summed E-state index contributed by atoms with van der Waals surface area (Å²) in [5.41, 5.74) is 2.58. The summed E-state index contributed by atoms with van der Waals surface area (Å²) in [6.45, 7) is 2.53. The largest absolute Gasteiger partial charge is 0.305 e. The zero-order valence-electron chi connectivity index (χ0n) is 11.1. The average molecular weight is 270 g/mol. The molecule has 0 radical (unpaired) electrons. The molecule has 0 aromatic carbocycles. The van der Waals surface area contributed by atoms with Crippen LogP contribution in [0.15, 0.2) is 48.9 Å². The lowest BCUT2D eigenvalue weighted by atomic mass is 10.2. The Balaban J connectivity index is 1.71. The summed E-state index contributed by atoms with van der Waals surface area (Å²) < 4.78 is 15.4. The summed E-state index contributed by atoms with van der Waals surface area (Å²) in [4.78, 5) is 4.08. The van der Waals surface area contributed by atoms with Crippen molar-refractivity contribution in [3.8, 4) is 0 Å². The summed E-state index contributed by atoms with van der Waals surface area (Å²) in [5.74, 6) is -0.282. The molecule has 0 saturated carbocycles. The van der Waals surface area contributed by atoms with Crippen LogP contribution in [-0.2, 0) is 6.54 Å². The molecule has 0 fully saturated rings. The number of halogens is 1. The van der Waals surface area contributed by atoms with E-state index >= 15 is 0 Å². The van der Waals surface area contributed by atoms with Crippen LogP contribution in [0.3, 0.4) is 0 Å². The van der Waals surface area contributed by atoms with Gasteiger partial charge in [0.25, 0.3) is 0 Å². The van der Waals surface area contributed by atoms with Crippen molar-refractivity contribution >= 4 is 5.52 Å². The molecule has 0 aliphatic rings. The summed E-state index contributed by atoms with van der Waals surface area (Å²) in [5, 5.41) is 7.46. The van der Waals surface area contributed by atoms with E-state index in [1.54, 1.807) is 18.5 Å². The van der Waals surface area contributed by atoms with Gasteiger partial charge in [-0.25, -0.2) is 8.91 Å². The standard InChI is InChI=1S/C15H15FN4/c1-11(15-14(16)3-2-7-17-15)18-9-12-4-5-13-6-8-19-20(13)10-12/h2-8,10-11,18H,9H2,1H3. The molecule has 3 heterocycles. The zero-order chi connectivity index (χ0) is 13.9. The Morgan fingerprint density at radius 3 is 3.00 bits per heavy atom. The van der Waals surface area contributed by atoms with Crippen LogP contribution in [0.4, 0.5) is 4.39 Å². The Morgan fingerprint density at radius 1 is 1.25 bits per heavy atom. The fraction of sp³-hybridized carbons (Fsp3) is 0.200. The van der Waals surface area contributed by atoms with Gasteiger partial charge in [-0.2, -0.15) is 5.10 Å². The molecule has 102 valence electrons. The van der Waals surface area contributed by atoms with Gasteiger partial charge < -0.3 is 5.32 Å². The summed E-state index contributed by atoms with van der Waals surface area (Å²) >= 11 is 0. The van der Waals surface area contributed by atoms with Crippen LogP contribution in [0.1, 0.15) is 24.2 Å². The lowest BCUT2D eigenvalue weighted by Crippen LogP contribution is -2.20. The van der Waals surface area contributed by atoms with Crippen LogP contribution in [0.2, 0.25) is 0 Å². The van der Waals surface area contributed by atoms with Gasteiger partial charge in [0.1, 0.15) is 5.82 Å². The van der Waals surface area contributed by atoms with Crippen LogP contribution in [0.5, 0.6) is 0 Å². The van der Waals surface area contributed by atoms with Gasteiger partial charge in [-0.15, -0.1) is 0 Å². The number of aromatic nitrogens is 3. The lowest BCUT2D eigenvalue weighted by Gasteiger charge is -2.14. The maximum atomic E-state index is 13.6. The Morgan fingerprint density at radius 2 is 2.15 bits per heavy atom. The monoisotopic (exact) mass is 270 g/mol. The van der Waals surface area contributed by atoms with Crippen molar-refractivity contribution in [2.45, 2.75) is 19.5 Å². The van der Waals surface area contributed by atoms with E-state index in [-0.39, 0.29) is 11.9 Å². The summed E-state index contributed by atoms with van der Waals surface area (Å²) in [7, 11) is 0. The van der Waals surface area contributed by atoms with Gasteiger partial charge in [-0.05, 0) is 36.8 Å². The Kier molecular flexibility index (Phi) is 3.43. The number of rotatable bonds is 4. The van der Waals surface area contributed by atoms with E-state index in [1.165, 1.54) is 6.07 Å². The van der Waals surface area contributed by atoms with Crippen molar-refractivity contribution in [2.75, 3.05) is 0 Å². The number of hydrogen-bond donors (Lipinski definition) is 1. The highest BCUT2D eigenvalue weighted by atomic mass is 19.1. The Labute approximate surface area is 116 Å². The third-order valence-corrected chi connectivity index (χ3v) is 3.27. The molecule has 0 aliphatic carbocycles. The van der Waals surface area contributed by atoms with E-state index in [0.717, 1.165) is 11.1 Å².